The highest BCUT2D eigenvalue weighted by Crippen LogP contribution is 2.31. The number of hydrogen-bond donors (Lipinski definition) is 2. The molecule has 0 atom stereocenters. The predicted molar refractivity (Wildman–Crippen MR) is 67.9 cm³/mol. The molecule has 1 aromatic carbocycles. The van der Waals surface area contributed by atoms with Crippen molar-refractivity contribution in [1.29, 1.82) is 0 Å². The fourth-order valence-corrected chi connectivity index (χ4v) is 3.43. The summed E-state index contributed by atoms with van der Waals surface area (Å²) in [5.74, 6) is 0. The largest absolute Gasteiger partial charge is 0.399 e. The van der Waals surface area contributed by atoms with Crippen molar-refractivity contribution in [3.05, 3.63) is 22.2 Å². The third kappa shape index (κ3) is 3.72. The maximum Gasteiger partial charge on any atom is 0.243 e. The zero-order valence-electron chi connectivity index (χ0n) is 9.04. The summed E-state index contributed by atoms with van der Waals surface area (Å²) in [7, 11) is -2.29. The highest BCUT2D eigenvalue weighted by molar-refractivity contribution is 7.89. The molecule has 0 unspecified atom stereocenters. The lowest BCUT2D eigenvalue weighted by molar-refractivity contribution is 0.204. The van der Waals surface area contributed by atoms with Crippen LogP contribution in [0, 0.1) is 0 Å². The van der Waals surface area contributed by atoms with Gasteiger partial charge in [-0.3, -0.25) is 0 Å². The molecule has 1 rings (SSSR count). The molecule has 3 N–H and O–H groups in total. The molecule has 1 aromatic rings. The van der Waals surface area contributed by atoms with Crippen LogP contribution in [0.2, 0.25) is 10.0 Å². The van der Waals surface area contributed by atoms with Gasteiger partial charge < -0.3 is 10.5 Å². The molecule has 17 heavy (non-hydrogen) atoms. The van der Waals surface area contributed by atoms with Gasteiger partial charge in [0.2, 0.25) is 10.0 Å². The molecule has 0 saturated carbocycles. The zero-order valence-corrected chi connectivity index (χ0v) is 11.4. The van der Waals surface area contributed by atoms with Crippen LogP contribution in [-0.2, 0) is 14.8 Å². The first-order chi connectivity index (χ1) is 7.88. The van der Waals surface area contributed by atoms with E-state index in [2.05, 4.69) is 4.72 Å². The Morgan fingerprint density at radius 2 is 1.88 bits per heavy atom. The summed E-state index contributed by atoms with van der Waals surface area (Å²) in [4.78, 5) is -0.175. The quantitative estimate of drug-likeness (QED) is 0.637. The number of nitrogens with two attached hydrogens (primary N) is 1. The van der Waals surface area contributed by atoms with Gasteiger partial charge in [0.15, 0.2) is 0 Å². The van der Waals surface area contributed by atoms with E-state index in [-0.39, 0.29) is 28.1 Å². The monoisotopic (exact) mass is 298 g/mol. The number of nitrogen functional groups attached to an aromatic ring is 1. The predicted octanol–water partition coefficient (Wildman–Crippen LogP) is 1.50. The average Bonchev–Trinajstić information content (AvgIpc) is 2.15. The number of anilines is 1. The molecule has 8 heteroatoms. The van der Waals surface area contributed by atoms with Crippen LogP contribution in [-0.4, -0.2) is 28.7 Å². The van der Waals surface area contributed by atoms with E-state index in [1.165, 1.54) is 19.2 Å². The summed E-state index contributed by atoms with van der Waals surface area (Å²) in [6, 6.07) is 2.66. The molecule has 0 bridgehead atoms. The third-order valence-corrected chi connectivity index (χ3v) is 4.27. The van der Waals surface area contributed by atoms with Crippen molar-refractivity contribution in [1.82, 2.24) is 4.72 Å². The van der Waals surface area contributed by atoms with E-state index in [1.54, 1.807) is 0 Å². The molecule has 0 radical (unpaired) electrons. The molecular formula is C9H12Cl2N2O3S. The van der Waals surface area contributed by atoms with E-state index in [4.69, 9.17) is 33.7 Å². The van der Waals surface area contributed by atoms with Crippen LogP contribution in [0.25, 0.3) is 0 Å². The minimum Gasteiger partial charge on any atom is -0.399 e. The molecule has 0 aliphatic carbocycles. The Bertz CT molecular complexity index is 482. The van der Waals surface area contributed by atoms with Crippen LogP contribution >= 0.6 is 23.2 Å². The number of methoxy groups -OCH3 is 1. The minimum atomic E-state index is -3.76. The molecule has 0 aromatic heterocycles. The Morgan fingerprint density at radius 1 is 1.35 bits per heavy atom. The summed E-state index contributed by atoms with van der Waals surface area (Å²) >= 11 is 11.6. The fourth-order valence-electron chi connectivity index (χ4n) is 1.19. The lowest BCUT2D eigenvalue weighted by Crippen LogP contribution is -2.27. The van der Waals surface area contributed by atoms with Gasteiger partial charge in [-0.25, -0.2) is 13.1 Å². The van der Waals surface area contributed by atoms with Gasteiger partial charge >= 0.3 is 0 Å². The highest BCUT2D eigenvalue weighted by atomic mass is 35.5. The van der Waals surface area contributed by atoms with Crippen LogP contribution in [0.15, 0.2) is 17.0 Å². The summed E-state index contributed by atoms with van der Waals surface area (Å²) in [6.45, 7) is 0.388. The smallest absolute Gasteiger partial charge is 0.243 e. The van der Waals surface area contributed by atoms with Crippen LogP contribution < -0.4 is 10.5 Å². The van der Waals surface area contributed by atoms with E-state index in [0.717, 1.165) is 0 Å². The molecule has 0 aliphatic rings. The number of hydrogen-bond acceptors (Lipinski definition) is 4. The van der Waals surface area contributed by atoms with Gasteiger partial charge in [-0.05, 0) is 12.1 Å². The van der Waals surface area contributed by atoms with Gasteiger partial charge in [0.05, 0.1) is 16.7 Å². The Hall–Kier alpha value is -0.530. The number of sulfonamides is 1. The van der Waals surface area contributed by atoms with E-state index < -0.39 is 10.0 Å². The summed E-state index contributed by atoms with van der Waals surface area (Å²) in [5.41, 5.74) is 5.79. The maximum atomic E-state index is 11.9. The van der Waals surface area contributed by atoms with Gasteiger partial charge in [-0.15, -0.1) is 0 Å². The molecule has 0 spiro atoms. The molecular weight excluding hydrogens is 287 g/mol. The molecule has 0 saturated heterocycles. The third-order valence-electron chi connectivity index (χ3n) is 1.89. The van der Waals surface area contributed by atoms with Crippen molar-refractivity contribution in [2.45, 2.75) is 4.90 Å². The van der Waals surface area contributed by atoms with Crippen LogP contribution in [0.1, 0.15) is 0 Å². The van der Waals surface area contributed by atoms with E-state index in [1.807, 2.05) is 0 Å². The molecule has 0 amide bonds. The van der Waals surface area contributed by atoms with Crippen molar-refractivity contribution >= 4 is 38.9 Å². The zero-order chi connectivity index (χ0) is 13.1. The van der Waals surface area contributed by atoms with Gasteiger partial charge in [0, 0.05) is 19.3 Å². The van der Waals surface area contributed by atoms with Crippen LogP contribution in [0.5, 0.6) is 0 Å². The van der Waals surface area contributed by atoms with Crippen molar-refractivity contribution in [3.8, 4) is 0 Å². The van der Waals surface area contributed by atoms with Gasteiger partial charge in [-0.1, -0.05) is 23.2 Å². The SMILES string of the molecule is COCCNS(=O)(=O)c1c(Cl)cc(N)cc1Cl. The van der Waals surface area contributed by atoms with Gasteiger partial charge in [-0.2, -0.15) is 0 Å². The van der Waals surface area contributed by atoms with Gasteiger partial charge in [0.25, 0.3) is 0 Å². The Kier molecular flexibility index (Phi) is 5.03. The molecule has 96 valence electrons. The lowest BCUT2D eigenvalue weighted by atomic mass is 10.3. The highest BCUT2D eigenvalue weighted by Gasteiger charge is 2.21. The standard InChI is InChI=1S/C9H12Cl2N2O3S/c1-16-3-2-13-17(14,15)9-7(10)4-6(12)5-8(9)11/h4-5,13H,2-3,12H2,1H3. The average molecular weight is 299 g/mol. The topological polar surface area (TPSA) is 81.4 Å². The summed E-state index contributed by atoms with van der Waals surface area (Å²) in [6.07, 6.45) is 0. The van der Waals surface area contributed by atoms with Crippen LogP contribution in [0.3, 0.4) is 0 Å². The Labute approximate surface area is 110 Å². The first-order valence-corrected chi connectivity index (χ1v) is 6.85. The number of benzene rings is 1. The second-order valence-corrected chi connectivity index (χ2v) is 5.72. The Morgan fingerprint density at radius 3 is 2.35 bits per heavy atom. The first-order valence-electron chi connectivity index (χ1n) is 4.61. The van der Waals surface area contributed by atoms with Crippen molar-refractivity contribution in [3.63, 3.8) is 0 Å². The summed E-state index contributed by atoms with van der Waals surface area (Å²) in [5, 5.41) is -0.0279. The minimum absolute atomic E-state index is 0.0140. The molecule has 0 fully saturated rings. The summed E-state index contributed by atoms with van der Waals surface area (Å²) < 4.78 is 30.8. The lowest BCUT2D eigenvalue weighted by Gasteiger charge is -2.10. The van der Waals surface area contributed by atoms with E-state index in [0.29, 0.717) is 5.69 Å². The second-order valence-electron chi connectivity index (χ2n) is 3.20. The number of ether oxygens (including phenoxy) is 1. The maximum absolute atomic E-state index is 11.9. The normalized spacial score (nSPS) is 11.7. The Balaban J connectivity index is 3.07. The number of rotatable bonds is 5. The number of nitrogens with one attached hydrogen (secondary N) is 1. The molecule has 0 heterocycles. The van der Waals surface area contributed by atoms with Crippen LogP contribution in [0.4, 0.5) is 5.69 Å². The fraction of sp³-hybridized carbons (Fsp3) is 0.333. The second kappa shape index (κ2) is 5.88. The van der Waals surface area contributed by atoms with Gasteiger partial charge in [0.1, 0.15) is 4.90 Å². The molecule has 5 nitrogen and oxygen atoms in total. The van der Waals surface area contributed by atoms with Crippen molar-refractivity contribution in [2.24, 2.45) is 0 Å². The van der Waals surface area contributed by atoms with Crippen molar-refractivity contribution in [2.75, 3.05) is 26.0 Å². The van der Waals surface area contributed by atoms with Crippen molar-refractivity contribution < 1.29 is 13.2 Å². The first kappa shape index (κ1) is 14.5. The number of halogens is 2. The molecule has 0 aliphatic heterocycles. The van der Waals surface area contributed by atoms with E-state index in [9.17, 15) is 8.42 Å². The van der Waals surface area contributed by atoms with E-state index >= 15 is 0 Å².